The number of hydrogen-bond acceptors (Lipinski definition) is 6. The fourth-order valence-electron chi connectivity index (χ4n) is 3.96. The fraction of sp³-hybridized carbons (Fsp3) is 0.296. The summed E-state index contributed by atoms with van der Waals surface area (Å²) in [5.41, 5.74) is 2.64. The summed E-state index contributed by atoms with van der Waals surface area (Å²) in [5, 5.41) is 11.3. The molecule has 2 aromatic heterocycles. The van der Waals surface area contributed by atoms with Crippen LogP contribution in [0.5, 0.6) is 5.75 Å². The average Bonchev–Trinajstić information content (AvgIpc) is 3.30. The number of hydrogen-bond donors (Lipinski definition) is 1. The van der Waals surface area contributed by atoms with Crippen LogP contribution in [0.4, 0.5) is 5.69 Å². The molecule has 9 nitrogen and oxygen atoms in total. The first-order valence-electron chi connectivity index (χ1n) is 11.9. The summed E-state index contributed by atoms with van der Waals surface area (Å²) in [7, 11) is 1.58. The molecule has 0 fully saturated rings. The van der Waals surface area contributed by atoms with E-state index in [4.69, 9.17) is 4.74 Å². The van der Waals surface area contributed by atoms with Gasteiger partial charge in [-0.15, -0.1) is 5.10 Å². The molecule has 0 aliphatic heterocycles. The summed E-state index contributed by atoms with van der Waals surface area (Å²) < 4.78 is 6.85. The van der Waals surface area contributed by atoms with Crippen molar-refractivity contribution in [1.29, 1.82) is 0 Å². The van der Waals surface area contributed by atoms with Gasteiger partial charge in [-0.1, -0.05) is 31.2 Å². The third-order valence-electron chi connectivity index (χ3n) is 5.87. The van der Waals surface area contributed by atoms with E-state index < -0.39 is 6.04 Å². The normalized spacial score (nSPS) is 11.9. The predicted octanol–water partition coefficient (Wildman–Crippen LogP) is 3.77. The van der Waals surface area contributed by atoms with Gasteiger partial charge in [0, 0.05) is 24.6 Å². The largest absolute Gasteiger partial charge is 0.497 e. The number of pyridine rings is 1. The second-order valence-corrected chi connectivity index (χ2v) is 8.85. The SMILES string of the molecule is COc1ccc(N(C(=O)Cn2nnc3ccccc32)C(C(=O)NCCC(C)C)c2ccncc2)cc1. The second-order valence-electron chi connectivity index (χ2n) is 8.85. The summed E-state index contributed by atoms with van der Waals surface area (Å²) >= 11 is 0. The molecule has 1 unspecified atom stereocenters. The van der Waals surface area contributed by atoms with E-state index in [1.165, 1.54) is 4.90 Å². The maximum atomic E-state index is 13.9. The van der Waals surface area contributed by atoms with E-state index >= 15 is 0 Å². The van der Waals surface area contributed by atoms with E-state index in [0.717, 1.165) is 11.9 Å². The number of methoxy groups -OCH3 is 1. The van der Waals surface area contributed by atoms with Crippen LogP contribution in [0.25, 0.3) is 11.0 Å². The molecule has 186 valence electrons. The topological polar surface area (TPSA) is 102 Å². The lowest BCUT2D eigenvalue weighted by atomic mass is 10.0. The Kier molecular flexibility index (Phi) is 7.89. The molecule has 2 heterocycles. The molecule has 4 rings (SSSR count). The number of ether oxygens (including phenoxy) is 1. The summed E-state index contributed by atoms with van der Waals surface area (Å²) in [6, 6.07) is 17.1. The Labute approximate surface area is 210 Å². The van der Waals surface area contributed by atoms with Crippen molar-refractivity contribution in [2.45, 2.75) is 32.9 Å². The number of aromatic nitrogens is 4. The molecule has 9 heteroatoms. The molecule has 2 aromatic carbocycles. The number of fused-ring (bicyclic) bond motifs is 1. The number of anilines is 1. The Hall–Kier alpha value is -4.27. The summed E-state index contributed by atoms with van der Waals surface area (Å²) in [5.74, 6) is 0.506. The van der Waals surface area contributed by atoms with Gasteiger partial charge in [0.15, 0.2) is 0 Å². The van der Waals surface area contributed by atoms with Crippen LogP contribution in [0.3, 0.4) is 0 Å². The summed E-state index contributed by atoms with van der Waals surface area (Å²) in [6.45, 7) is 4.62. The van der Waals surface area contributed by atoms with Crippen LogP contribution in [0.15, 0.2) is 73.1 Å². The third-order valence-corrected chi connectivity index (χ3v) is 5.87. The second kappa shape index (κ2) is 11.4. The molecule has 1 N–H and O–H groups in total. The molecule has 36 heavy (non-hydrogen) atoms. The third kappa shape index (κ3) is 5.68. The van der Waals surface area contributed by atoms with Gasteiger partial charge in [-0.2, -0.15) is 0 Å². The molecule has 4 aromatic rings. The number of carbonyl (C=O) groups excluding carboxylic acids is 2. The van der Waals surface area contributed by atoms with Crippen molar-refractivity contribution < 1.29 is 14.3 Å². The zero-order valence-electron chi connectivity index (χ0n) is 20.7. The van der Waals surface area contributed by atoms with Crippen molar-refractivity contribution in [3.05, 3.63) is 78.6 Å². The van der Waals surface area contributed by atoms with E-state index in [2.05, 4.69) is 34.5 Å². The minimum absolute atomic E-state index is 0.0899. The van der Waals surface area contributed by atoms with Gasteiger partial charge in [0.05, 0.1) is 12.6 Å². The van der Waals surface area contributed by atoms with E-state index in [1.807, 2.05) is 24.3 Å². The van der Waals surface area contributed by atoms with Crippen LogP contribution in [0, 0.1) is 5.92 Å². The van der Waals surface area contributed by atoms with Gasteiger partial charge in [-0.3, -0.25) is 19.5 Å². The standard InChI is InChI=1S/C27H30N6O3/c1-19(2)12-17-29-27(35)26(20-13-15-28-16-14-20)33(21-8-10-22(36-3)11-9-21)25(34)18-32-24-7-5-4-6-23(24)30-31-32/h4-11,13-16,19,26H,12,17-18H2,1-3H3,(H,29,35). The van der Waals surface area contributed by atoms with Gasteiger partial charge in [-0.05, 0) is 66.4 Å². The number of carbonyl (C=O) groups is 2. The number of nitrogens with one attached hydrogen (secondary N) is 1. The van der Waals surface area contributed by atoms with Crippen LogP contribution in [-0.4, -0.2) is 45.4 Å². The lowest BCUT2D eigenvalue weighted by Crippen LogP contribution is -2.45. The average molecular weight is 487 g/mol. The molecule has 0 saturated heterocycles. The highest BCUT2D eigenvalue weighted by molar-refractivity contribution is 6.01. The number of para-hydroxylation sites is 1. The molecule has 0 radical (unpaired) electrons. The highest BCUT2D eigenvalue weighted by Crippen LogP contribution is 2.30. The highest BCUT2D eigenvalue weighted by atomic mass is 16.5. The first-order valence-corrected chi connectivity index (χ1v) is 11.9. The quantitative estimate of drug-likeness (QED) is 0.366. The summed E-state index contributed by atoms with van der Waals surface area (Å²) in [6.07, 6.45) is 4.06. The van der Waals surface area contributed by atoms with Crippen molar-refractivity contribution in [3.8, 4) is 5.75 Å². The van der Waals surface area contributed by atoms with Crippen LogP contribution >= 0.6 is 0 Å². The Morgan fingerprint density at radius 1 is 1.03 bits per heavy atom. The van der Waals surface area contributed by atoms with Crippen molar-refractivity contribution in [2.24, 2.45) is 5.92 Å². The summed E-state index contributed by atoms with van der Waals surface area (Å²) in [4.78, 5) is 33.1. The van der Waals surface area contributed by atoms with E-state index in [9.17, 15) is 9.59 Å². The first-order chi connectivity index (χ1) is 17.5. The number of benzene rings is 2. The lowest BCUT2D eigenvalue weighted by Gasteiger charge is -2.31. The maximum Gasteiger partial charge on any atom is 0.249 e. The number of nitrogens with zero attached hydrogens (tertiary/aromatic N) is 5. The van der Waals surface area contributed by atoms with Crippen LogP contribution in [0.1, 0.15) is 31.9 Å². The fourth-order valence-corrected chi connectivity index (χ4v) is 3.96. The molecular weight excluding hydrogens is 456 g/mol. The van der Waals surface area contributed by atoms with Crippen LogP contribution < -0.4 is 15.0 Å². The van der Waals surface area contributed by atoms with Crippen molar-refractivity contribution >= 4 is 28.5 Å². The first kappa shape index (κ1) is 24.8. The predicted molar refractivity (Wildman–Crippen MR) is 137 cm³/mol. The van der Waals surface area contributed by atoms with Crippen molar-refractivity contribution in [2.75, 3.05) is 18.6 Å². The van der Waals surface area contributed by atoms with Gasteiger partial charge >= 0.3 is 0 Å². The van der Waals surface area contributed by atoms with Gasteiger partial charge in [-0.25, -0.2) is 4.68 Å². The molecule has 1 atom stereocenters. The molecule has 0 aliphatic carbocycles. The Morgan fingerprint density at radius 3 is 2.44 bits per heavy atom. The van der Waals surface area contributed by atoms with Gasteiger partial charge < -0.3 is 10.1 Å². The Balaban J connectivity index is 1.74. The Morgan fingerprint density at radius 2 is 1.75 bits per heavy atom. The van der Waals surface area contributed by atoms with Crippen LogP contribution in [-0.2, 0) is 16.1 Å². The smallest absolute Gasteiger partial charge is 0.249 e. The van der Waals surface area contributed by atoms with E-state index in [-0.39, 0.29) is 18.4 Å². The minimum atomic E-state index is -0.907. The monoisotopic (exact) mass is 486 g/mol. The highest BCUT2D eigenvalue weighted by Gasteiger charge is 2.33. The van der Waals surface area contributed by atoms with Crippen LogP contribution in [0.2, 0.25) is 0 Å². The zero-order chi connectivity index (χ0) is 25.5. The van der Waals surface area contributed by atoms with E-state index in [1.54, 1.807) is 60.6 Å². The van der Waals surface area contributed by atoms with Crippen molar-refractivity contribution in [1.82, 2.24) is 25.3 Å². The minimum Gasteiger partial charge on any atom is -0.497 e. The zero-order valence-corrected chi connectivity index (χ0v) is 20.7. The van der Waals surface area contributed by atoms with Gasteiger partial charge in [0.2, 0.25) is 11.8 Å². The van der Waals surface area contributed by atoms with Gasteiger partial charge in [0.1, 0.15) is 23.9 Å². The van der Waals surface area contributed by atoms with Gasteiger partial charge in [0.25, 0.3) is 0 Å². The molecule has 2 amide bonds. The number of amides is 2. The Bertz CT molecular complexity index is 1300. The lowest BCUT2D eigenvalue weighted by molar-refractivity contribution is -0.127. The molecular formula is C27H30N6O3. The molecule has 0 spiro atoms. The molecule has 0 saturated carbocycles. The molecule has 0 bridgehead atoms. The number of rotatable bonds is 10. The molecule has 0 aliphatic rings. The van der Waals surface area contributed by atoms with Crippen molar-refractivity contribution in [3.63, 3.8) is 0 Å². The maximum absolute atomic E-state index is 13.9. The van der Waals surface area contributed by atoms with E-state index in [0.29, 0.717) is 35.0 Å².